The largest absolute Gasteiger partial charge is 0.461 e. The Bertz CT molecular complexity index is 1660. The molecule has 1 aromatic heterocycles. The van der Waals surface area contributed by atoms with Crippen LogP contribution in [-0.4, -0.2) is 84.3 Å². The zero-order valence-corrected chi connectivity index (χ0v) is 26.6. The molecule has 2 aliphatic heterocycles. The van der Waals surface area contributed by atoms with Crippen LogP contribution < -0.4 is 14.5 Å². The standard InChI is InChI=1S/C34H37ClF2N6O3/c1-4-30(44)43-16-15-42(19-24(43)18-38-3)32-26-12-14-41(29-10-6-8-23-7-5-9-27(35)31(23)29)20-28(26)39-33(40-32)45-21-22(2)46-25-11-13-34(36,37)17-25/h4-10,22,24-25H,1,11-21H2,2H3/t22-,24-,25?/m0/s1. The number of carbonyl (C=O) groups excluding carboxylic acids is 1. The van der Waals surface area contributed by atoms with Gasteiger partial charge < -0.3 is 29.0 Å². The predicted molar refractivity (Wildman–Crippen MR) is 174 cm³/mol. The Balaban J connectivity index is 1.29. The number of alkyl halides is 2. The highest BCUT2D eigenvalue weighted by Crippen LogP contribution is 2.38. The van der Waals surface area contributed by atoms with Crippen molar-refractivity contribution in [2.45, 2.75) is 63.3 Å². The monoisotopic (exact) mass is 650 g/mol. The fourth-order valence-electron chi connectivity index (χ4n) is 6.76. The van der Waals surface area contributed by atoms with Gasteiger partial charge >= 0.3 is 6.01 Å². The molecule has 3 atom stereocenters. The molecule has 1 saturated heterocycles. The normalized spacial score (nSPS) is 21.5. The van der Waals surface area contributed by atoms with Crippen molar-refractivity contribution in [1.82, 2.24) is 14.9 Å². The van der Waals surface area contributed by atoms with Crippen LogP contribution in [-0.2, 0) is 22.5 Å². The van der Waals surface area contributed by atoms with Gasteiger partial charge in [0.25, 0.3) is 5.92 Å². The second kappa shape index (κ2) is 13.4. The van der Waals surface area contributed by atoms with Gasteiger partial charge in [-0.2, -0.15) is 9.97 Å². The van der Waals surface area contributed by atoms with Gasteiger partial charge in [0.05, 0.1) is 29.5 Å². The average Bonchev–Trinajstić information content (AvgIpc) is 3.40. The van der Waals surface area contributed by atoms with Crippen LogP contribution in [0.25, 0.3) is 15.6 Å². The lowest BCUT2D eigenvalue weighted by Crippen LogP contribution is -2.56. The number of aromatic nitrogens is 2. The van der Waals surface area contributed by atoms with E-state index in [9.17, 15) is 13.6 Å². The Morgan fingerprint density at radius 2 is 2.02 bits per heavy atom. The molecule has 12 heteroatoms. The fraction of sp³-hybridized carbons (Fsp3) is 0.471. The first-order chi connectivity index (χ1) is 22.2. The Kier molecular flexibility index (Phi) is 9.29. The number of amides is 1. The minimum atomic E-state index is -2.69. The number of ether oxygens (including phenoxy) is 2. The van der Waals surface area contributed by atoms with E-state index >= 15 is 0 Å². The third kappa shape index (κ3) is 6.74. The lowest BCUT2D eigenvalue weighted by Gasteiger charge is -2.41. The third-order valence-electron chi connectivity index (χ3n) is 8.97. The molecule has 2 aromatic carbocycles. The van der Waals surface area contributed by atoms with Gasteiger partial charge in [-0.3, -0.25) is 4.79 Å². The highest BCUT2D eigenvalue weighted by Gasteiger charge is 2.40. The number of benzene rings is 2. The van der Waals surface area contributed by atoms with E-state index in [0.29, 0.717) is 50.6 Å². The Hall–Kier alpha value is -4.01. The van der Waals surface area contributed by atoms with E-state index in [1.807, 2.05) is 30.3 Å². The fourth-order valence-corrected chi connectivity index (χ4v) is 7.04. The highest BCUT2D eigenvalue weighted by molar-refractivity contribution is 6.36. The van der Waals surface area contributed by atoms with Gasteiger partial charge in [-0.15, -0.1) is 0 Å². The zero-order chi connectivity index (χ0) is 32.4. The lowest BCUT2D eigenvalue weighted by atomic mass is 10.0. The van der Waals surface area contributed by atoms with Gasteiger partial charge in [0.15, 0.2) is 0 Å². The first kappa shape index (κ1) is 32.0. The van der Waals surface area contributed by atoms with E-state index in [1.54, 1.807) is 11.8 Å². The summed E-state index contributed by atoms with van der Waals surface area (Å²) in [5, 5.41) is 2.71. The van der Waals surface area contributed by atoms with Crippen LogP contribution in [0, 0.1) is 6.57 Å². The Labute approximate surface area is 272 Å². The summed E-state index contributed by atoms with van der Waals surface area (Å²) in [5.41, 5.74) is 2.82. The summed E-state index contributed by atoms with van der Waals surface area (Å²) in [6.07, 6.45) is 0.876. The van der Waals surface area contributed by atoms with Crippen molar-refractivity contribution in [3.05, 3.63) is 76.8 Å². The maximum Gasteiger partial charge on any atom is 0.318 e. The van der Waals surface area contributed by atoms with Crippen LogP contribution in [0.1, 0.15) is 37.4 Å². The highest BCUT2D eigenvalue weighted by atomic mass is 35.5. The molecular formula is C34H37ClF2N6O3. The summed E-state index contributed by atoms with van der Waals surface area (Å²) >= 11 is 6.68. The summed E-state index contributed by atoms with van der Waals surface area (Å²) in [6, 6.07) is 11.9. The van der Waals surface area contributed by atoms with Gasteiger partial charge in [0.1, 0.15) is 18.5 Å². The third-order valence-corrected chi connectivity index (χ3v) is 9.28. The number of nitrogens with zero attached hydrogens (tertiary/aromatic N) is 6. The Morgan fingerprint density at radius 3 is 2.76 bits per heavy atom. The number of fused-ring (bicyclic) bond motifs is 2. The van der Waals surface area contributed by atoms with Crippen LogP contribution in [0.2, 0.25) is 5.02 Å². The lowest BCUT2D eigenvalue weighted by molar-refractivity contribution is -0.128. The van der Waals surface area contributed by atoms with E-state index in [4.69, 9.17) is 37.6 Å². The van der Waals surface area contributed by atoms with Crippen molar-refractivity contribution in [2.24, 2.45) is 0 Å². The topological polar surface area (TPSA) is 75.4 Å². The van der Waals surface area contributed by atoms with E-state index in [2.05, 4.69) is 27.3 Å². The molecule has 6 rings (SSSR count). The number of carbonyl (C=O) groups is 1. The summed E-state index contributed by atoms with van der Waals surface area (Å²) in [6.45, 7) is 15.8. The average molecular weight is 651 g/mol. The number of halogens is 3. The molecule has 3 aliphatic rings. The summed E-state index contributed by atoms with van der Waals surface area (Å²) < 4.78 is 39.4. The van der Waals surface area contributed by atoms with E-state index in [0.717, 1.165) is 33.5 Å². The number of rotatable bonds is 9. The first-order valence-corrected chi connectivity index (χ1v) is 16.0. The second-order valence-corrected chi connectivity index (χ2v) is 12.6. The minimum Gasteiger partial charge on any atom is -0.461 e. The number of piperazine rings is 1. The van der Waals surface area contributed by atoms with Gasteiger partial charge in [-0.25, -0.2) is 15.4 Å². The number of hydrogen-bond acceptors (Lipinski definition) is 7. The molecule has 1 saturated carbocycles. The molecule has 1 aliphatic carbocycles. The number of anilines is 2. The van der Waals surface area contributed by atoms with Crippen LogP contribution >= 0.6 is 11.6 Å². The molecule has 0 spiro atoms. The van der Waals surface area contributed by atoms with Crippen molar-refractivity contribution in [3.63, 3.8) is 0 Å². The van der Waals surface area contributed by atoms with Gasteiger partial charge in [-0.05, 0) is 43.4 Å². The molecule has 9 nitrogen and oxygen atoms in total. The smallest absolute Gasteiger partial charge is 0.318 e. The molecular weight excluding hydrogens is 614 g/mol. The minimum absolute atomic E-state index is 0.102. The SMILES string of the molecule is [C-]#[N+]C[C@H]1CN(c2nc(OC[C@H](C)OC3CCC(F)(F)C3)nc3c2CCN(c2cccc4cccc(Cl)c24)C3)CCN1C(=O)C=C. The quantitative estimate of drug-likeness (QED) is 0.210. The summed E-state index contributed by atoms with van der Waals surface area (Å²) in [4.78, 5) is 31.9. The van der Waals surface area contributed by atoms with Gasteiger partial charge in [-0.1, -0.05) is 42.4 Å². The maximum atomic E-state index is 13.7. The van der Waals surface area contributed by atoms with Crippen molar-refractivity contribution >= 4 is 39.8 Å². The molecule has 0 N–H and O–H groups in total. The molecule has 1 unspecified atom stereocenters. The molecule has 3 aromatic rings. The molecule has 0 bridgehead atoms. The molecule has 46 heavy (non-hydrogen) atoms. The Morgan fingerprint density at radius 1 is 1.22 bits per heavy atom. The predicted octanol–water partition coefficient (Wildman–Crippen LogP) is 5.94. The zero-order valence-electron chi connectivity index (χ0n) is 25.8. The van der Waals surface area contributed by atoms with Crippen LogP contribution in [0.15, 0.2) is 49.1 Å². The summed E-state index contributed by atoms with van der Waals surface area (Å²) in [5.74, 6) is -2.16. The maximum absolute atomic E-state index is 13.7. The van der Waals surface area contributed by atoms with Crippen molar-refractivity contribution in [2.75, 3.05) is 49.1 Å². The van der Waals surface area contributed by atoms with Crippen LogP contribution in [0.5, 0.6) is 6.01 Å². The molecule has 242 valence electrons. The second-order valence-electron chi connectivity index (χ2n) is 12.2. The van der Waals surface area contributed by atoms with E-state index in [-0.39, 0.29) is 44.0 Å². The van der Waals surface area contributed by atoms with Gasteiger partial charge in [0.2, 0.25) is 12.5 Å². The van der Waals surface area contributed by atoms with Gasteiger partial charge in [0, 0.05) is 55.7 Å². The first-order valence-electron chi connectivity index (χ1n) is 15.6. The van der Waals surface area contributed by atoms with Crippen molar-refractivity contribution < 1.29 is 23.0 Å². The molecule has 1 amide bonds. The summed E-state index contributed by atoms with van der Waals surface area (Å²) in [7, 11) is 0. The molecule has 2 fully saturated rings. The van der Waals surface area contributed by atoms with E-state index < -0.39 is 18.1 Å². The van der Waals surface area contributed by atoms with Crippen molar-refractivity contribution in [3.8, 4) is 6.01 Å². The van der Waals surface area contributed by atoms with Crippen LogP contribution in [0.3, 0.4) is 0 Å². The van der Waals surface area contributed by atoms with Crippen molar-refractivity contribution in [1.29, 1.82) is 0 Å². The van der Waals surface area contributed by atoms with E-state index in [1.165, 1.54) is 6.08 Å². The number of hydrogen-bond donors (Lipinski definition) is 0. The molecule has 0 radical (unpaired) electrons. The molecule has 3 heterocycles. The van der Waals surface area contributed by atoms with Crippen LogP contribution in [0.4, 0.5) is 20.3 Å².